The van der Waals surface area contributed by atoms with Crippen molar-refractivity contribution in [1.29, 1.82) is 0 Å². The Morgan fingerprint density at radius 2 is 1.15 bits per heavy atom. The predicted molar refractivity (Wildman–Crippen MR) is 130 cm³/mol. The average Bonchev–Trinajstić information content (AvgIpc) is 3.18. The Kier molecular flexibility index (Phi) is 6.33. The van der Waals surface area contributed by atoms with Gasteiger partial charge in [0.15, 0.2) is 0 Å². The van der Waals surface area contributed by atoms with Gasteiger partial charge in [-0.25, -0.2) is 0 Å². The van der Waals surface area contributed by atoms with Gasteiger partial charge in [-0.2, -0.15) is 0 Å². The third kappa shape index (κ3) is 4.10. The largest absolute Gasteiger partial charge is 0.335 e. The van der Waals surface area contributed by atoms with Gasteiger partial charge in [0.05, 0.1) is 23.7 Å². The van der Waals surface area contributed by atoms with E-state index in [4.69, 9.17) is 23.2 Å². The Bertz CT molecular complexity index is 1070. The SMILES string of the molecule is O=C1[C@H]2CC(Cl)=CC[C@H]2C(=O)N1CN(CN1C(=O)[C@H]2CC=C(Cl)C[C@H]2C1=O)c1ccc(Br)cc1. The third-order valence-corrected chi connectivity index (χ3v) is 8.28. The number of allylic oxidation sites excluding steroid dienone is 4. The molecule has 2 heterocycles. The van der Waals surface area contributed by atoms with Crippen LogP contribution in [0.4, 0.5) is 5.69 Å². The normalized spacial score (nSPS) is 28.7. The summed E-state index contributed by atoms with van der Waals surface area (Å²) in [6, 6.07) is 7.29. The van der Waals surface area contributed by atoms with Gasteiger partial charge in [0, 0.05) is 20.2 Å². The van der Waals surface area contributed by atoms with E-state index < -0.39 is 23.7 Å². The molecule has 34 heavy (non-hydrogen) atoms. The molecule has 1 aromatic rings. The van der Waals surface area contributed by atoms with E-state index in [2.05, 4.69) is 15.9 Å². The second kappa shape index (κ2) is 9.13. The number of fused-ring (bicyclic) bond motifs is 2. The summed E-state index contributed by atoms with van der Waals surface area (Å²) < 4.78 is 0.858. The van der Waals surface area contributed by atoms with Crippen molar-refractivity contribution in [3.63, 3.8) is 0 Å². The summed E-state index contributed by atoms with van der Waals surface area (Å²) in [6.45, 7) is -0.120. The lowest BCUT2D eigenvalue weighted by Crippen LogP contribution is -2.48. The fourth-order valence-electron chi connectivity index (χ4n) is 5.27. The van der Waals surface area contributed by atoms with E-state index in [-0.39, 0.29) is 37.0 Å². The van der Waals surface area contributed by atoms with Crippen molar-refractivity contribution in [2.24, 2.45) is 23.7 Å². The van der Waals surface area contributed by atoms with Gasteiger partial charge in [0.2, 0.25) is 23.6 Å². The van der Waals surface area contributed by atoms with E-state index in [1.165, 1.54) is 9.80 Å². The van der Waals surface area contributed by atoms with Crippen LogP contribution >= 0.6 is 39.1 Å². The molecule has 2 saturated heterocycles. The van der Waals surface area contributed by atoms with E-state index >= 15 is 0 Å². The van der Waals surface area contributed by atoms with Gasteiger partial charge in [0.1, 0.15) is 13.3 Å². The van der Waals surface area contributed by atoms with Gasteiger partial charge in [-0.15, -0.1) is 0 Å². The van der Waals surface area contributed by atoms with Crippen LogP contribution in [-0.2, 0) is 19.2 Å². The van der Waals surface area contributed by atoms with Crippen LogP contribution in [0, 0.1) is 23.7 Å². The number of nitrogens with zero attached hydrogens (tertiary/aromatic N) is 3. The number of halogens is 3. The molecule has 2 aliphatic heterocycles. The molecule has 2 fully saturated rings. The molecule has 10 heteroatoms. The van der Waals surface area contributed by atoms with E-state index in [1.54, 1.807) is 17.1 Å². The number of carbonyl (C=O) groups is 4. The zero-order valence-corrected chi connectivity index (χ0v) is 21.2. The first kappa shape index (κ1) is 23.6. The minimum Gasteiger partial charge on any atom is -0.335 e. The number of hydrogen-bond donors (Lipinski definition) is 0. The van der Waals surface area contributed by atoms with Crippen LogP contribution in [-0.4, -0.2) is 46.8 Å². The van der Waals surface area contributed by atoms with Gasteiger partial charge in [-0.1, -0.05) is 51.3 Å². The van der Waals surface area contributed by atoms with Crippen LogP contribution in [0.3, 0.4) is 0 Å². The molecule has 7 nitrogen and oxygen atoms in total. The summed E-state index contributed by atoms with van der Waals surface area (Å²) in [5, 5.41) is 1.19. The first-order valence-corrected chi connectivity index (χ1v) is 12.7. The molecular weight excluding hydrogens is 545 g/mol. The fourth-order valence-corrected chi connectivity index (χ4v) is 6.05. The molecule has 5 rings (SSSR count). The summed E-state index contributed by atoms with van der Waals surface area (Å²) in [5.41, 5.74) is 0.682. The van der Waals surface area contributed by atoms with Crippen LogP contribution < -0.4 is 4.90 Å². The maximum atomic E-state index is 13.1. The number of anilines is 1. The molecule has 0 bridgehead atoms. The molecule has 1 aromatic carbocycles. The Morgan fingerprint density at radius 3 is 1.59 bits per heavy atom. The highest BCUT2D eigenvalue weighted by molar-refractivity contribution is 9.10. The standard InChI is InChI=1S/C24H22BrCl2N3O4/c25-13-1-5-16(6-2-13)28(11-29-21(31)17-7-3-14(26)9-19(17)23(29)33)12-30-22(32)18-8-4-15(27)10-20(18)24(30)34/h1-6,17-20H,7-12H2/t17-,18+,19+,20-. The topological polar surface area (TPSA) is 78.0 Å². The van der Waals surface area contributed by atoms with Crippen molar-refractivity contribution in [1.82, 2.24) is 9.80 Å². The predicted octanol–water partition coefficient (Wildman–Crippen LogP) is 4.21. The minimum absolute atomic E-state index is 0.0602. The molecule has 0 saturated carbocycles. The zero-order chi connectivity index (χ0) is 24.1. The van der Waals surface area contributed by atoms with E-state index in [0.717, 1.165) is 4.47 Å². The summed E-state index contributed by atoms with van der Waals surface area (Å²) >= 11 is 15.7. The van der Waals surface area contributed by atoms with E-state index in [0.29, 0.717) is 41.4 Å². The van der Waals surface area contributed by atoms with E-state index in [1.807, 2.05) is 24.3 Å². The maximum absolute atomic E-state index is 13.1. The van der Waals surface area contributed by atoms with Crippen molar-refractivity contribution < 1.29 is 19.2 Å². The second-order valence-corrected chi connectivity index (χ2v) is 11.0. The molecular formula is C24H22BrCl2N3O4. The van der Waals surface area contributed by atoms with Gasteiger partial charge >= 0.3 is 0 Å². The third-order valence-electron chi connectivity index (χ3n) is 7.14. The lowest BCUT2D eigenvalue weighted by atomic mass is 9.85. The van der Waals surface area contributed by atoms with Crippen molar-refractivity contribution in [2.45, 2.75) is 25.7 Å². The van der Waals surface area contributed by atoms with E-state index in [9.17, 15) is 19.2 Å². The highest BCUT2D eigenvalue weighted by Crippen LogP contribution is 2.41. The van der Waals surface area contributed by atoms with Crippen LogP contribution in [0.25, 0.3) is 0 Å². The molecule has 4 aliphatic rings. The molecule has 0 unspecified atom stereocenters. The maximum Gasteiger partial charge on any atom is 0.234 e. The Labute approximate surface area is 215 Å². The molecule has 4 amide bonds. The number of benzene rings is 1. The zero-order valence-electron chi connectivity index (χ0n) is 18.1. The van der Waals surface area contributed by atoms with Crippen molar-refractivity contribution in [3.8, 4) is 0 Å². The second-order valence-electron chi connectivity index (χ2n) is 9.12. The number of likely N-dealkylation sites (tertiary alicyclic amines) is 2. The first-order valence-electron chi connectivity index (χ1n) is 11.1. The number of amides is 4. The smallest absolute Gasteiger partial charge is 0.234 e. The van der Waals surface area contributed by atoms with Crippen LogP contribution in [0.5, 0.6) is 0 Å². The monoisotopic (exact) mass is 565 g/mol. The van der Waals surface area contributed by atoms with Crippen molar-refractivity contribution >= 4 is 68.4 Å². The number of imide groups is 2. The highest BCUT2D eigenvalue weighted by Gasteiger charge is 2.51. The van der Waals surface area contributed by atoms with Gasteiger partial charge < -0.3 is 4.90 Å². The summed E-state index contributed by atoms with van der Waals surface area (Å²) in [4.78, 5) is 56.7. The fraction of sp³-hybridized carbons (Fsp3) is 0.417. The minimum atomic E-state index is -0.470. The molecule has 0 spiro atoms. The van der Waals surface area contributed by atoms with Crippen LogP contribution in [0.15, 0.2) is 51.0 Å². The quantitative estimate of drug-likeness (QED) is 0.499. The highest BCUT2D eigenvalue weighted by atomic mass is 79.9. The van der Waals surface area contributed by atoms with Crippen molar-refractivity contribution in [2.75, 3.05) is 18.2 Å². The average molecular weight is 567 g/mol. The molecule has 0 aromatic heterocycles. The lowest BCUT2D eigenvalue weighted by molar-refractivity contribution is -0.140. The van der Waals surface area contributed by atoms with Gasteiger partial charge in [0.25, 0.3) is 0 Å². The Balaban J connectivity index is 1.41. The molecule has 0 N–H and O–H groups in total. The molecule has 4 atom stereocenters. The van der Waals surface area contributed by atoms with Crippen LogP contribution in [0.1, 0.15) is 25.7 Å². The number of carbonyl (C=O) groups excluding carboxylic acids is 4. The number of rotatable bonds is 5. The summed E-state index contributed by atoms with van der Waals surface area (Å²) in [5.74, 6) is -2.83. The Morgan fingerprint density at radius 1 is 0.735 bits per heavy atom. The van der Waals surface area contributed by atoms with Crippen LogP contribution in [0.2, 0.25) is 0 Å². The Hall–Kier alpha value is -2.16. The molecule has 178 valence electrons. The first-order chi connectivity index (χ1) is 16.2. The van der Waals surface area contributed by atoms with Gasteiger partial charge in [-0.3, -0.25) is 29.0 Å². The molecule has 2 aliphatic carbocycles. The summed E-state index contributed by atoms with van der Waals surface area (Å²) in [7, 11) is 0. The number of hydrogen-bond acceptors (Lipinski definition) is 5. The lowest BCUT2D eigenvalue weighted by Gasteiger charge is -2.32. The van der Waals surface area contributed by atoms with Crippen molar-refractivity contribution in [3.05, 3.63) is 51.0 Å². The summed E-state index contributed by atoms with van der Waals surface area (Å²) in [6.07, 6.45) is 5.17. The van der Waals surface area contributed by atoms with Gasteiger partial charge in [-0.05, 0) is 49.9 Å². The molecule has 0 radical (unpaired) electrons.